The molecule has 0 aliphatic rings. The van der Waals surface area contributed by atoms with Crippen LogP contribution in [0.25, 0.3) is 0 Å². The van der Waals surface area contributed by atoms with Crippen molar-refractivity contribution in [1.29, 1.82) is 0 Å². The van der Waals surface area contributed by atoms with Gasteiger partial charge in [0.2, 0.25) is 0 Å². The molecule has 0 amide bonds. The molecular formula is C12H14ClF4NO. The second kappa shape index (κ2) is 7.55. The number of nitrogens with one attached hydrogen (secondary N) is 1. The zero-order valence-corrected chi connectivity index (χ0v) is 10.8. The lowest BCUT2D eigenvalue weighted by atomic mass is 10.2. The van der Waals surface area contributed by atoms with Gasteiger partial charge in [-0.25, -0.2) is 4.39 Å². The van der Waals surface area contributed by atoms with E-state index in [1.54, 1.807) is 0 Å². The number of hydrogen-bond acceptors (Lipinski definition) is 2. The van der Waals surface area contributed by atoms with Crippen LogP contribution < -0.4 is 5.32 Å². The third-order valence-electron chi connectivity index (χ3n) is 2.30. The van der Waals surface area contributed by atoms with E-state index >= 15 is 0 Å². The molecule has 1 aromatic carbocycles. The quantitative estimate of drug-likeness (QED) is 0.468. The summed E-state index contributed by atoms with van der Waals surface area (Å²) in [5, 5.41) is 2.71. The zero-order valence-electron chi connectivity index (χ0n) is 10.1. The highest BCUT2D eigenvalue weighted by atomic mass is 35.5. The summed E-state index contributed by atoms with van der Waals surface area (Å²) in [4.78, 5) is 0. The van der Waals surface area contributed by atoms with Crippen molar-refractivity contribution >= 4 is 17.3 Å². The highest BCUT2D eigenvalue weighted by molar-refractivity contribution is 6.17. The first kappa shape index (κ1) is 16.0. The first-order valence-corrected chi connectivity index (χ1v) is 6.23. The summed E-state index contributed by atoms with van der Waals surface area (Å²) in [6.45, 7) is 1.31. The van der Waals surface area contributed by atoms with Gasteiger partial charge in [0.25, 0.3) is 0 Å². The summed E-state index contributed by atoms with van der Waals surface area (Å²) in [5.74, 6) is -0.516. The van der Waals surface area contributed by atoms with Crippen LogP contribution in [0.5, 0.6) is 0 Å². The van der Waals surface area contributed by atoms with Crippen LogP contribution in [0.3, 0.4) is 0 Å². The fourth-order valence-electron chi connectivity index (χ4n) is 1.39. The van der Waals surface area contributed by atoms with E-state index in [-0.39, 0.29) is 5.69 Å². The summed E-state index contributed by atoms with van der Waals surface area (Å²) in [6.07, 6.45) is -3.92. The molecule has 7 heteroatoms. The standard InChI is InChI=1S/C12H14ClF4NO/c13-4-7-19-6-1-5-18-11-3-2-9(8-10(11)14)12(15,16)17/h2-3,8,18H,1,4-7H2. The second-order valence-corrected chi connectivity index (χ2v) is 4.15. The molecule has 19 heavy (non-hydrogen) atoms. The Morgan fingerprint density at radius 3 is 2.53 bits per heavy atom. The molecule has 0 aromatic heterocycles. The Balaban J connectivity index is 2.43. The predicted molar refractivity (Wildman–Crippen MR) is 66.0 cm³/mol. The summed E-state index contributed by atoms with van der Waals surface area (Å²) in [6, 6.07) is 2.40. The maximum atomic E-state index is 13.4. The zero-order chi connectivity index (χ0) is 14.3. The van der Waals surface area contributed by atoms with Gasteiger partial charge in [0, 0.05) is 19.0 Å². The van der Waals surface area contributed by atoms with Crippen LogP contribution in [0.15, 0.2) is 18.2 Å². The molecule has 0 fully saturated rings. The number of hydrogen-bond donors (Lipinski definition) is 1. The molecule has 0 aliphatic heterocycles. The minimum absolute atomic E-state index is 0.0466. The van der Waals surface area contributed by atoms with Gasteiger partial charge < -0.3 is 10.1 Å². The van der Waals surface area contributed by atoms with E-state index in [4.69, 9.17) is 16.3 Å². The topological polar surface area (TPSA) is 21.3 Å². The van der Waals surface area contributed by atoms with Crippen molar-refractivity contribution in [2.45, 2.75) is 12.6 Å². The first-order valence-electron chi connectivity index (χ1n) is 5.69. The molecule has 108 valence electrons. The van der Waals surface area contributed by atoms with Crippen molar-refractivity contribution in [3.05, 3.63) is 29.6 Å². The van der Waals surface area contributed by atoms with Crippen molar-refractivity contribution in [3.8, 4) is 0 Å². The van der Waals surface area contributed by atoms with Gasteiger partial charge in [-0.2, -0.15) is 13.2 Å². The summed E-state index contributed by atoms with van der Waals surface area (Å²) in [5.41, 5.74) is -0.952. The summed E-state index contributed by atoms with van der Waals surface area (Å²) >= 11 is 5.40. The Morgan fingerprint density at radius 2 is 1.95 bits per heavy atom. The van der Waals surface area contributed by atoms with Gasteiger partial charge >= 0.3 is 6.18 Å². The van der Waals surface area contributed by atoms with Crippen LogP contribution in [-0.2, 0) is 10.9 Å². The van der Waals surface area contributed by atoms with Gasteiger partial charge in [-0.15, -0.1) is 11.6 Å². The van der Waals surface area contributed by atoms with Gasteiger partial charge in [0.15, 0.2) is 0 Å². The first-order chi connectivity index (χ1) is 8.95. The van der Waals surface area contributed by atoms with E-state index in [2.05, 4.69) is 5.32 Å². The number of benzene rings is 1. The third-order valence-corrected chi connectivity index (χ3v) is 2.45. The Labute approximate surface area is 113 Å². The lowest BCUT2D eigenvalue weighted by Gasteiger charge is -2.11. The van der Waals surface area contributed by atoms with E-state index < -0.39 is 17.6 Å². The van der Waals surface area contributed by atoms with Crippen LogP contribution in [0.4, 0.5) is 23.2 Å². The number of alkyl halides is 4. The number of halogens is 5. The van der Waals surface area contributed by atoms with E-state index in [0.29, 0.717) is 38.1 Å². The normalized spacial score (nSPS) is 11.6. The molecule has 0 radical (unpaired) electrons. The molecule has 0 saturated heterocycles. The van der Waals surface area contributed by atoms with Gasteiger partial charge in [0.1, 0.15) is 5.82 Å². The average Bonchev–Trinajstić information content (AvgIpc) is 2.34. The van der Waals surface area contributed by atoms with Gasteiger partial charge in [-0.1, -0.05) is 0 Å². The van der Waals surface area contributed by atoms with Gasteiger partial charge in [0.05, 0.1) is 17.9 Å². The molecule has 0 unspecified atom stereocenters. The maximum Gasteiger partial charge on any atom is 0.416 e. The SMILES string of the molecule is Fc1cc(C(F)(F)F)ccc1NCCCOCCCl. The van der Waals surface area contributed by atoms with Gasteiger partial charge in [-0.05, 0) is 24.6 Å². The lowest BCUT2D eigenvalue weighted by molar-refractivity contribution is -0.137. The maximum absolute atomic E-state index is 13.4. The van der Waals surface area contributed by atoms with Crippen molar-refractivity contribution in [3.63, 3.8) is 0 Å². The Hall–Kier alpha value is -1.01. The highest BCUT2D eigenvalue weighted by Crippen LogP contribution is 2.31. The minimum Gasteiger partial charge on any atom is -0.383 e. The highest BCUT2D eigenvalue weighted by Gasteiger charge is 2.31. The predicted octanol–water partition coefficient (Wildman–Crippen LogP) is 3.90. The molecule has 0 atom stereocenters. The molecule has 0 spiro atoms. The van der Waals surface area contributed by atoms with E-state index in [1.807, 2.05) is 0 Å². The fourth-order valence-corrected chi connectivity index (χ4v) is 1.50. The molecular weight excluding hydrogens is 286 g/mol. The van der Waals surface area contributed by atoms with Crippen molar-refractivity contribution in [2.75, 3.05) is 31.0 Å². The Kier molecular flexibility index (Phi) is 6.37. The van der Waals surface area contributed by atoms with E-state index in [0.717, 1.165) is 12.1 Å². The molecule has 0 heterocycles. The van der Waals surface area contributed by atoms with Gasteiger partial charge in [-0.3, -0.25) is 0 Å². The molecule has 0 bridgehead atoms. The van der Waals surface area contributed by atoms with Crippen molar-refractivity contribution in [2.24, 2.45) is 0 Å². The summed E-state index contributed by atoms with van der Waals surface area (Å²) < 4.78 is 55.4. The van der Waals surface area contributed by atoms with Crippen LogP contribution in [-0.4, -0.2) is 25.6 Å². The van der Waals surface area contributed by atoms with E-state index in [9.17, 15) is 17.6 Å². The molecule has 1 aromatic rings. The van der Waals surface area contributed by atoms with Crippen molar-refractivity contribution < 1.29 is 22.3 Å². The van der Waals surface area contributed by atoms with Crippen LogP contribution in [0.1, 0.15) is 12.0 Å². The average molecular weight is 300 g/mol. The van der Waals surface area contributed by atoms with Crippen LogP contribution in [0, 0.1) is 5.82 Å². The number of rotatable bonds is 7. The smallest absolute Gasteiger partial charge is 0.383 e. The molecule has 0 saturated carbocycles. The fraction of sp³-hybridized carbons (Fsp3) is 0.500. The summed E-state index contributed by atoms with van der Waals surface area (Å²) in [7, 11) is 0. The monoisotopic (exact) mass is 299 g/mol. The molecule has 0 aliphatic carbocycles. The largest absolute Gasteiger partial charge is 0.416 e. The second-order valence-electron chi connectivity index (χ2n) is 3.77. The molecule has 1 N–H and O–H groups in total. The number of ether oxygens (including phenoxy) is 1. The minimum atomic E-state index is -4.53. The molecule has 1 rings (SSSR count). The lowest BCUT2D eigenvalue weighted by Crippen LogP contribution is -2.09. The number of anilines is 1. The van der Waals surface area contributed by atoms with E-state index in [1.165, 1.54) is 0 Å². The van der Waals surface area contributed by atoms with Crippen molar-refractivity contribution in [1.82, 2.24) is 0 Å². The Morgan fingerprint density at radius 1 is 1.21 bits per heavy atom. The molecule has 2 nitrogen and oxygen atoms in total. The Bertz CT molecular complexity index is 398. The van der Waals surface area contributed by atoms with Crippen LogP contribution >= 0.6 is 11.6 Å². The third kappa shape index (κ3) is 5.65. The van der Waals surface area contributed by atoms with Crippen LogP contribution in [0.2, 0.25) is 0 Å².